The number of hydrogen-bond acceptors (Lipinski definition) is 2. The molecular formula is C9H6Br2OS. The Hall–Kier alpha value is -0.0600. The van der Waals surface area contributed by atoms with Crippen LogP contribution in [0.5, 0.6) is 5.06 Å². The van der Waals surface area contributed by atoms with Gasteiger partial charge in [0.2, 0.25) is 0 Å². The van der Waals surface area contributed by atoms with Crippen LogP contribution in [0.1, 0.15) is 5.56 Å². The van der Waals surface area contributed by atoms with Gasteiger partial charge in [-0.3, -0.25) is 0 Å². The van der Waals surface area contributed by atoms with Crippen LogP contribution in [0.15, 0.2) is 22.7 Å². The first kappa shape index (κ1) is 9.49. The first-order chi connectivity index (χ1) is 6.22. The van der Waals surface area contributed by atoms with Crippen molar-refractivity contribution >= 4 is 53.3 Å². The van der Waals surface area contributed by atoms with Crippen LogP contribution in [0.25, 0.3) is 10.1 Å². The molecule has 0 amide bonds. The number of alkyl halides is 1. The third-order valence-corrected chi connectivity index (χ3v) is 3.93. The number of thiophene rings is 1. The number of rotatable bonds is 1. The molecule has 0 bridgehead atoms. The maximum Gasteiger partial charge on any atom is 0.176 e. The summed E-state index contributed by atoms with van der Waals surface area (Å²) in [5, 5.41) is 11.8. The van der Waals surface area contributed by atoms with E-state index in [0.717, 1.165) is 20.1 Å². The zero-order valence-electron chi connectivity index (χ0n) is 6.55. The fraction of sp³-hybridized carbons (Fsp3) is 0.111. The van der Waals surface area contributed by atoms with E-state index in [0.29, 0.717) is 10.4 Å². The van der Waals surface area contributed by atoms with Crippen molar-refractivity contribution in [1.29, 1.82) is 0 Å². The largest absolute Gasteiger partial charge is 0.499 e. The number of benzene rings is 1. The van der Waals surface area contributed by atoms with Gasteiger partial charge in [0, 0.05) is 25.5 Å². The minimum Gasteiger partial charge on any atom is -0.499 e. The van der Waals surface area contributed by atoms with Crippen LogP contribution in [-0.2, 0) is 5.33 Å². The lowest BCUT2D eigenvalue weighted by atomic mass is 10.2. The highest BCUT2D eigenvalue weighted by molar-refractivity contribution is 9.10. The van der Waals surface area contributed by atoms with Crippen molar-refractivity contribution in [1.82, 2.24) is 0 Å². The molecule has 1 aromatic carbocycles. The van der Waals surface area contributed by atoms with Crippen LogP contribution in [0.2, 0.25) is 0 Å². The highest BCUT2D eigenvalue weighted by Gasteiger charge is 2.09. The summed E-state index contributed by atoms with van der Waals surface area (Å²) in [5.41, 5.74) is 0.973. The first-order valence-electron chi connectivity index (χ1n) is 3.68. The molecule has 13 heavy (non-hydrogen) atoms. The van der Waals surface area contributed by atoms with E-state index in [1.165, 1.54) is 11.3 Å². The Labute approximate surface area is 96.6 Å². The van der Waals surface area contributed by atoms with Crippen LogP contribution >= 0.6 is 43.2 Å². The van der Waals surface area contributed by atoms with E-state index in [2.05, 4.69) is 31.9 Å². The Morgan fingerprint density at radius 1 is 1.38 bits per heavy atom. The molecule has 1 heterocycles. The zero-order valence-corrected chi connectivity index (χ0v) is 10.5. The summed E-state index contributed by atoms with van der Waals surface area (Å²) < 4.78 is 2.16. The lowest BCUT2D eigenvalue weighted by Crippen LogP contribution is -1.73. The van der Waals surface area contributed by atoms with Gasteiger partial charge in [0.1, 0.15) is 0 Å². The molecule has 1 aromatic heterocycles. The smallest absolute Gasteiger partial charge is 0.176 e. The summed E-state index contributed by atoms with van der Waals surface area (Å²) >= 11 is 8.19. The third kappa shape index (κ3) is 1.63. The molecular weight excluding hydrogens is 316 g/mol. The Bertz CT molecular complexity index is 450. The van der Waals surface area contributed by atoms with Crippen LogP contribution in [0.4, 0.5) is 0 Å². The molecule has 0 radical (unpaired) electrons. The van der Waals surface area contributed by atoms with E-state index in [9.17, 15) is 5.11 Å². The lowest BCUT2D eigenvalue weighted by molar-refractivity contribution is 0.487. The predicted molar refractivity (Wildman–Crippen MR) is 63.8 cm³/mol. The Kier molecular flexibility index (Phi) is 2.62. The van der Waals surface area contributed by atoms with E-state index in [-0.39, 0.29) is 0 Å². The van der Waals surface area contributed by atoms with Gasteiger partial charge in [0.05, 0.1) is 0 Å². The Balaban J connectivity index is 2.80. The second-order valence-corrected chi connectivity index (χ2v) is 5.17. The molecule has 1 nitrogen and oxygen atoms in total. The van der Waals surface area contributed by atoms with Crippen molar-refractivity contribution in [3.63, 3.8) is 0 Å². The van der Waals surface area contributed by atoms with Crippen molar-refractivity contribution in [2.75, 3.05) is 0 Å². The van der Waals surface area contributed by atoms with Crippen LogP contribution in [-0.4, -0.2) is 5.11 Å². The summed E-state index contributed by atoms with van der Waals surface area (Å²) in [7, 11) is 0. The second-order valence-electron chi connectivity index (χ2n) is 2.66. The topological polar surface area (TPSA) is 20.2 Å². The Morgan fingerprint density at radius 3 is 2.85 bits per heavy atom. The van der Waals surface area contributed by atoms with E-state index in [4.69, 9.17) is 0 Å². The average Bonchev–Trinajstić information content (AvgIpc) is 2.40. The highest BCUT2D eigenvalue weighted by Crippen LogP contribution is 2.38. The van der Waals surface area contributed by atoms with Crippen molar-refractivity contribution in [2.24, 2.45) is 0 Å². The molecule has 0 saturated carbocycles. The lowest BCUT2D eigenvalue weighted by Gasteiger charge is -1.94. The van der Waals surface area contributed by atoms with Gasteiger partial charge in [-0.15, -0.1) is 0 Å². The minimum absolute atomic E-state index is 0.407. The van der Waals surface area contributed by atoms with Crippen LogP contribution in [0, 0.1) is 0 Å². The van der Waals surface area contributed by atoms with E-state index >= 15 is 0 Å². The average molecular weight is 322 g/mol. The quantitative estimate of drug-likeness (QED) is 0.778. The van der Waals surface area contributed by atoms with Crippen molar-refractivity contribution in [3.8, 4) is 5.06 Å². The van der Waals surface area contributed by atoms with Crippen LogP contribution < -0.4 is 0 Å². The molecule has 68 valence electrons. The highest BCUT2D eigenvalue weighted by atomic mass is 79.9. The molecule has 1 N–H and O–H groups in total. The standard InChI is InChI=1S/C9H6Br2OS/c10-4-7-6-3-5(11)1-2-8(6)13-9(7)12/h1-3,12H,4H2. The number of hydrogen-bond donors (Lipinski definition) is 1. The monoisotopic (exact) mass is 320 g/mol. The molecule has 0 aliphatic rings. The van der Waals surface area contributed by atoms with Gasteiger partial charge in [-0.05, 0) is 18.2 Å². The van der Waals surface area contributed by atoms with Gasteiger partial charge < -0.3 is 5.11 Å². The molecule has 0 unspecified atom stereocenters. The van der Waals surface area contributed by atoms with Crippen LogP contribution in [0.3, 0.4) is 0 Å². The molecule has 2 aromatic rings. The summed E-state index contributed by atoms with van der Waals surface area (Å²) in [5.74, 6) is 0. The van der Waals surface area contributed by atoms with Gasteiger partial charge in [-0.1, -0.05) is 43.2 Å². The van der Waals surface area contributed by atoms with Gasteiger partial charge in [0.25, 0.3) is 0 Å². The minimum atomic E-state index is 0.407. The molecule has 0 spiro atoms. The summed E-state index contributed by atoms with van der Waals surface area (Å²) in [6.45, 7) is 0. The van der Waals surface area contributed by atoms with E-state index in [1.54, 1.807) is 0 Å². The summed E-state index contributed by atoms with van der Waals surface area (Å²) in [6, 6.07) is 6.02. The molecule has 0 atom stereocenters. The summed E-state index contributed by atoms with van der Waals surface area (Å²) in [6.07, 6.45) is 0. The Morgan fingerprint density at radius 2 is 2.15 bits per heavy atom. The molecule has 0 fully saturated rings. The maximum atomic E-state index is 9.60. The normalized spacial score (nSPS) is 10.9. The van der Waals surface area contributed by atoms with Crippen molar-refractivity contribution in [3.05, 3.63) is 28.2 Å². The number of halogens is 2. The van der Waals surface area contributed by atoms with E-state index < -0.39 is 0 Å². The van der Waals surface area contributed by atoms with Gasteiger partial charge in [0.15, 0.2) is 5.06 Å². The molecule has 2 rings (SSSR count). The predicted octanol–water partition coefficient (Wildman–Crippen LogP) is 4.26. The maximum absolute atomic E-state index is 9.60. The van der Waals surface area contributed by atoms with Gasteiger partial charge in [-0.25, -0.2) is 0 Å². The molecule has 0 saturated heterocycles. The molecule has 0 aliphatic heterocycles. The van der Waals surface area contributed by atoms with E-state index in [1.807, 2.05) is 18.2 Å². The van der Waals surface area contributed by atoms with Gasteiger partial charge in [-0.2, -0.15) is 0 Å². The number of aromatic hydroxyl groups is 1. The fourth-order valence-electron chi connectivity index (χ4n) is 1.24. The number of fused-ring (bicyclic) bond motifs is 1. The molecule has 0 aliphatic carbocycles. The fourth-order valence-corrected chi connectivity index (χ4v) is 3.29. The third-order valence-electron chi connectivity index (χ3n) is 1.87. The summed E-state index contributed by atoms with van der Waals surface area (Å²) in [4.78, 5) is 0. The second kappa shape index (κ2) is 3.59. The van der Waals surface area contributed by atoms with Crippen molar-refractivity contribution in [2.45, 2.75) is 5.33 Å². The molecule has 4 heteroatoms. The SMILES string of the molecule is Oc1sc2ccc(Br)cc2c1CBr. The van der Waals surface area contributed by atoms with Crippen molar-refractivity contribution < 1.29 is 5.11 Å². The first-order valence-corrected chi connectivity index (χ1v) is 6.41. The van der Waals surface area contributed by atoms with Gasteiger partial charge >= 0.3 is 0 Å². The zero-order chi connectivity index (χ0) is 9.42.